The number of amides is 1. The lowest BCUT2D eigenvalue weighted by Gasteiger charge is -2.35. The van der Waals surface area contributed by atoms with E-state index in [9.17, 15) is 4.79 Å². The van der Waals surface area contributed by atoms with Crippen LogP contribution in [0.1, 0.15) is 46.5 Å². The minimum atomic E-state index is -0.758. The molecule has 2 fully saturated rings. The molecule has 3 atom stereocenters. The Kier molecular flexibility index (Phi) is 4.48. The molecule has 0 spiro atoms. The van der Waals surface area contributed by atoms with E-state index in [-0.39, 0.29) is 24.2 Å². The summed E-state index contributed by atoms with van der Waals surface area (Å²) in [5.74, 6) is -0.340. The van der Waals surface area contributed by atoms with Gasteiger partial charge >= 0.3 is 0 Å². The van der Waals surface area contributed by atoms with Crippen LogP contribution in [0.2, 0.25) is 0 Å². The van der Waals surface area contributed by atoms with Crippen molar-refractivity contribution in [2.24, 2.45) is 5.73 Å². The van der Waals surface area contributed by atoms with Crippen molar-refractivity contribution < 1.29 is 14.3 Å². The molecule has 2 rings (SSSR count). The lowest BCUT2D eigenvalue weighted by atomic mass is 10.0. The van der Waals surface area contributed by atoms with Gasteiger partial charge in [0.1, 0.15) is 5.54 Å². The quantitative estimate of drug-likeness (QED) is 0.754. The van der Waals surface area contributed by atoms with E-state index in [1.54, 1.807) is 0 Å². The molecule has 0 radical (unpaired) electrons. The monoisotopic (exact) mass is 270 g/mol. The van der Waals surface area contributed by atoms with Crippen molar-refractivity contribution in [1.29, 1.82) is 0 Å². The molecule has 3 N–H and O–H groups in total. The molecule has 3 unspecified atom stereocenters. The highest BCUT2D eigenvalue weighted by molar-refractivity contribution is 5.84. The predicted molar refractivity (Wildman–Crippen MR) is 72.7 cm³/mol. The minimum Gasteiger partial charge on any atom is -0.376 e. The molecule has 0 aromatic rings. The molecule has 2 aliphatic rings. The number of hydrogen-bond acceptors (Lipinski definition) is 4. The van der Waals surface area contributed by atoms with Crippen LogP contribution in [0.25, 0.3) is 0 Å². The van der Waals surface area contributed by atoms with Gasteiger partial charge in [-0.05, 0) is 46.5 Å². The number of carbonyl (C=O) groups is 1. The van der Waals surface area contributed by atoms with Crippen molar-refractivity contribution in [3.8, 4) is 0 Å². The van der Waals surface area contributed by atoms with E-state index < -0.39 is 5.54 Å². The van der Waals surface area contributed by atoms with Crippen molar-refractivity contribution in [3.05, 3.63) is 0 Å². The molecule has 0 aromatic heterocycles. The fraction of sp³-hybridized carbons (Fsp3) is 0.929. The van der Waals surface area contributed by atoms with Crippen LogP contribution in [0.4, 0.5) is 0 Å². The third kappa shape index (κ3) is 4.16. The van der Waals surface area contributed by atoms with Crippen LogP contribution in [-0.4, -0.2) is 42.4 Å². The summed E-state index contributed by atoms with van der Waals surface area (Å²) in [5.41, 5.74) is 4.75. The van der Waals surface area contributed by atoms with E-state index in [0.717, 1.165) is 25.7 Å². The third-order valence-electron chi connectivity index (χ3n) is 3.91. The van der Waals surface area contributed by atoms with Gasteiger partial charge in [-0.25, -0.2) is 0 Å². The highest BCUT2D eigenvalue weighted by atomic mass is 16.5. The van der Waals surface area contributed by atoms with E-state index in [0.29, 0.717) is 12.6 Å². The molecule has 5 heteroatoms. The molecule has 0 bridgehead atoms. The first-order valence-electron chi connectivity index (χ1n) is 7.24. The lowest BCUT2D eigenvalue weighted by molar-refractivity contribution is -0.133. The largest absolute Gasteiger partial charge is 0.376 e. The summed E-state index contributed by atoms with van der Waals surface area (Å²) in [7, 11) is 0. The zero-order valence-corrected chi connectivity index (χ0v) is 12.1. The van der Waals surface area contributed by atoms with Gasteiger partial charge in [-0.3, -0.25) is 10.1 Å². The van der Waals surface area contributed by atoms with Crippen LogP contribution in [0, 0.1) is 0 Å². The summed E-state index contributed by atoms with van der Waals surface area (Å²) in [6.45, 7) is 6.28. The summed E-state index contributed by atoms with van der Waals surface area (Å²) >= 11 is 0. The predicted octanol–water partition coefficient (Wildman–Crippen LogP) is 0.955. The highest BCUT2D eigenvalue weighted by Crippen LogP contribution is 2.25. The summed E-state index contributed by atoms with van der Waals surface area (Å²) < 4.78 is 11.6. The fourth-order valence-electron chi connectivity index (χ4n) is 2.63. The Hall–Kier alpha value is -0.650. The van der Waals surface area contributed by atoms with Crippen molar-refractivity contribution in [2.45, 2.75) is 76.3 Å². The van der Waals surface area contributed by atoms with Crippen LogP contribution < -0.4 is 11.1 Å². The second-order valence-corrected chi connectivity index (χ2v) is 6.28. The maximum atomic E-state index is 11.6. The molecule has 1 saturated carbocycles. The molecule has 110 valence electrons. The van der Waals surface area contributed by atoms with E-state index in [1.807, 2.05) is 6.92 Å². The standard InChI is InChI=1S/C14H26N2O3/c1-9-6-12(7-10(2)19-9)18-8-14(3,13(15)17)16-11-4-5-11/h9-12,16H,4-8H2,1-3H3,(H2,15,17). The maximum absolute atomic E-state index is 11.6. The fourth-order valence-corrected chi connectivity index (χ4v) is 2.63. The minimum absolute atomic E-state index is 0.151. The van der Waals surface area contributed by atoms with E-state index >= 15 is 0 Å². The van der Waals surface area contributed by atoms with Gasteiger partial charge in [0.25, 0.3) is 0 Å². The van der Waals surface area contributed by atoms with Crippen molar-refractivity contribution in [2.75, 3.05) is 6.61 Å². The van der Waals surface area contributed by atoms with Crippen molar-refractivity contribution in [1.82, 2.24) is 5.32 Å². The van der Waals surface area contributed by atoms with Gasteiger partial charge in [-0.15, -0.1) is 0 Å². The van der Waals surface area contributed by atoms with Crippen LogP contribution in [-0.2, 0) is 14.3 Å². The Morgan fingerprint density at radius 1 is 1.37 bits per heavy atom. The van der Waals surface area contributed by atoms with Crippen molar-refractivity contribution >= 4 is 5.91 Å². The molecule has 1 amide bonds. The summed E-state index contributed by atoms with van der Waals surface area (Å²) in [6.07, 6.45) is 4.57. The number of hydrogen-bond donors (Lipinski definition) is 2. The summed E-state index contributed by atoms with van der Waals surface area (Å²) in [4.78, 5) is 11.6. The lowest BCUT2D eigenvalue weighted by Crippen LogP contribution is -2.57. The molecular formula is C14H26N2O3. The highest BCUT2D eigenvalue weighted by Gasteiger charge is 2.38. The molecular weight excluding hydrogens is 244 g/mol. The maximum Gasteiger partial charge on any atom is 0.239 e. The van der Waals surface area contributed by atoms with Gasteiger partial charge in [-0.1, -0.05) is 0 Å². The van der Waals surface area contributed by atoms with Gasteiger partial charge < -0.3 is 15.2 Å². The van der Waals surface area contributed by atoms with Crippen molar-refractivity contribution in [3.63, 3.8) is 0 Å². The molecule has 1 aliphatic heterocycles. The SMILES string of the molecule is CC1CC(OCC(C)(NC2CC2)C(N)=O)CC(C)O1. The van der Waals surface area contributed by atoms with E-state index in [4.69, 9.17) is 15.2 Å². The zero-order chi connectivity index (χ0) is 14.0. The number of carbonyl (C=O) groups excluding carboxylic acids is 1. The molecule has 1 aliphatic carbocycles. The van der Waals surface area contributed by atoms with Crippen LogP contribution in [0.5, 0.6) is 0 Å². The topological polar surface area (TPSA) is 73.6 Å². The zero-order valence-electron chi connectivity index (χ0n) is 12.1. The number of primary amides is 1. The summed E-state index contributed by atoms with van der Waals surface area (Å²) in [6, 6.07) is 0.425. The van der Waals surface area contributed by atoms with Crippen LogP contribution >= 0.6 is 0 Å². The number of ether oxygens (including phenoxy) is 2. The molecule has 1 heterocycles. The van der Waals surface area contributed by atoms with Gasteiger partial charge in [0.05, 0.1) is 24.9 Å². The average Bonchev–Trinajstić information content (AvgIpc) is 3.09. The molecule has 0 aromatic carbocycles. The number of nitrogens with two attached hydrogens (primary N) is 1. The van der Waals surface area contributed by atoms with Gasteiger partial charge in [0.15, 0.2) is 0 Å². The first-order chi connectivity index (χ1) is 8.89. The molecule has 19 heavy (non-hydrogen) atoms. The first-order valence-corrected chi connectivity index (χ1v) is 7.24. The molecule has 1 saturated heterocycles. The Morgan fingerprint density at radius 2 is 1.95 bits per heavy atom. The van der Waals surface area contributed by atoms with Crippen LogP contribution in [0.15, 0.2) is 0 Å². The Morgan fingerprint density at radius 3 is 2.42 bits per heavy atom. The van der Waals surface area contributed by atoms with E-state index in [2.05, 4.69) is 19.2 Å². The summed E-state index contributed by atoms with van der Waals surface area (Å²) in [5, 5.41) is 3.30. The van der Waals surface area contributed by atoms with Gasteiger partial charge in [0.2, 0.25) is 5.91 Å². The third-order valence-corrected chi connectivity index (χ3v) is 3.91. The second-order valence-electron chi connectivity index (χ2n) is 6.28. The number of nitrogens with one attached hydrogen (secondary N) is 1. The van der Waals surface area contributed by atoms with E-state index in [1.165, 1.54) is 0 Å². The average molecular weight is 270 g/mol. The normalized spacial score (nSPS) is 34.8. The van der Waals surface area contributed by atoms with Crippen LogP contribution in [0.3, 0.4) is 0 Å². The second kappa shape index (κ2) is 5.77. The van der Waals surface area contributed by atoms with Gasteiger partial charge in [-0.2, -0.15) is 0 Å². The Balaban J connectivity index is 1.85. The number of rotatable bonds is 6. The first kappa shape index (κ1) is 14.8. The smallest absolute Gasteiger partial charge is 0.239 e. The molecule has 5 nitrogen and oxygen atoms in total. The van der Waals surface area contributed by atoms with Gasteiger partial charge in [0, 0.05) is 6.04 Å². The Labute approximate surface area is 115 Å². The Bertz CT molecular complexity index is 323.